The lowest BCUT2D eigenvalue weighted by Crippen LogP contribution is -2.04. The first-order chi connectivity index (χ1) is 5.74. The van der Waals surface area contributed by atoms with E-state index in [0.717, 1.165) is 6.08 Å². The van der Waals surface area contributed by atoms with Gasteiger partial charge in [0.2, 0.25) is 0 Å². The second kappa shape index (κ2) is 3.67. The van der Waals surface area contributed by atoms with E-state index in [-0.39, 0.29) is 5.75 Å². The van der Waals surface area contributed by atoms with Crippen molar-refractivity contribution in [2.45, 2.75) is 0 Å². The first-order valence-corrected chi connectivity index (χ1v) is 3.33. The Bertz CT molecular complexity index is 307. The molecular formula is C9H7FO2. The maximum absolute atomic E-state index is 12.8. The van der Waals surface area contributed by atoms with Crippen LogP contribution in [-0.4, -0.2) is 5.97 Å². The number of carbonyl (C=O) groups excluding carboxylic acids is 1. The lowest BCUT2D eigenvalue weighted by Gasteiger charge is -2.00. The molecule has 0 saturated carbocycles. The monoisotopic (exact) mass is 166 g/mol. The van der Waals surface area contributed by atoms with Gasteiger partial charge in [0.25, 0.3) is 0 Å². The number of halogens is 1. The zero-order chi connectivity index (χ0) is 8.97. The van der Waals surface area contributed by atoms with Crippen LogP contribution in [0.3, 0.4) is 0 Å². The molecule has 0 amide bonds. The van der Waals surface area contributed by atoms with Crippen LogP contribution in [0, 0.1) is 5.82 Å². The molecule has 2 nitrogen and oxygen atoms in total. The molecule has 0 fully saturated rings. The van der Waals surface area contributed by atoms with Crippen LogP contribution >= 0.6 is 0 Å². The Hall–Kier alpha value is -1.64. The van der Waals surface area contributed by atoms with Gasteiger partial charge in [-0.15, -0.1) is 0 Å². The van der Waals surface area contributed by atoms with Gasteiger partial charge >= 0.3 is 5.97 Å². The van der Waals surface area contributed by atoms with Gasteiger partial charge in [0.15, 0.2) is 11.6 Å². The molecule has 0 unspecified atom stereocenters. The third kappa shape index (κ3) is 1.92. The van der Waals surface area contributed by atoms with E-state index in [0.29, 0.717) is 0 Å². The van der Waals surface area contributed by atoms with Crippen molar-refractivity contribution in [2.75, 3.05) is 0 Å². The lowest BCUT2D eigenvalue weighted by atomic mass is 10.3. The third-order valence-corrected chi connectivity index (χ3v) is 1.21. The number of ether oxygens (including phenoxy) is 1. The number of esters is 1. The zero-order valence-corrected chi connectivity index (χ0v) is 6.29. The van der Waals surface area contributed by atoms with Crippen molar-refractivity contribution in [1.29, 1.82) is 0 Å². The van der Waals surface area contributed by atoms with Gasteiger partial charge in [0, 0.05) is 6.08 Å². The maximum atomic E-state index is 12.8. The fraction of sp³-hybridized carbons (Fsp3) is 0. The van der Waals surface area contributed by atoms with Crippen molar-refractivity contribution in [1.82, 2.24) is 0 Å². The quantitative estimate of drug-likeness (QED) is 0.381. The number of carbonyl (C=O) groups is 1. The first kappa shape index (κ1) is 8.46. The van der Waals surface area contributed by atoms with Gasteiger partial charge in [-0.1, -0.05) is 18.7 Å². The molecule has 0 aliphatic rings. The molecule has 62 valence electrons. The molecule has 0 saturated heterocycles. The molecule has 0 aliphatic heterocycles. The van der Waals surface area contributed by atoms with E-state index in [1.54, 1.807) is 6.07 Å². The van der Waals surface area contributed by atoms with Crippen LogP contribution in [0.2, 0.25) is 0 Å². The average Bonchev–Trinajstić information content (AvgIpc) is 2.09. The summed E-state index contributed by atoms with van der Waals surface area (Å²) in [5, 5.41) is 0. The number of rotatable bonds is 2. The highest BCUT2D eigenvalue weighted by Crippen LogP contribution is 2.15. The molecule has 1 aromatic rings. The number of hydrogen-bond donors (Lipinski definition) is 0. The van der Waals surface area contributed by atoms with Gasteiger partial charge in [-0.2, -0.15) is 0 Å². The van der Waals surface area contributed by atoms with E-state index in [1.807, 2.05) is 0 Å². The second-order valence-electron chi connectivity index (χ2n) is 2.06. The summed E-state index contributed by atoms with van der Waals surface area (Å²) >= 11 is 0. The van der Waals surface area contributed by atoms with Gasteiger partial charge in [0.05, 0.1) is 0 Å². The van der Waals surface area contributed by atoms with Gasteiger partial charge in [-0.25, -0.2) is 9.18 Å². The molecule has 0 heterocycles. The van der Waals surface area contributed by atoms with Crippen molar-refractivity contribution < 1.29 is 13.9 Å². The Morgan fingerprint density at radius 3 is 2.75 bits per heavy atom. The summed E-state index contributed by atoms with van der Waals surface area (Å²) in [6.45, 7) is 3.19. The maximum Gasteiger partial charge on any atom is 0.335 e. The molecule has 0 radical (unpaired) electrons. The van der Waals surface area contributed by atoms with E-state index in [2.05, 4.69) is 11.3 Å². The first-order valence-electron chi connectivity index (χ1n) is 3.33. The summed E-state index contributed by atoms with van der Waals surface area (Å²) in [6.07, 6.45) is 0.979. The predicted octanol–water partition coefficient (Wildman–Crippen LogP) is 1.92. The SMILES string of the molecule is C=CC(=O)Oc1ccccc1F. The number of benzene rings is 1. The van der Waals surface area contributed by atoms with Gasteiger partial charge < -0.3 is 4.74 Å². The van der Waals surface area contributed by atoms with Crippen molar-refractivity contribution >= 4 is 5.97 Å². The van der Waals surface area contributed by atoms with E-state index in [4.69, 9.17) is 0 Å². The minimum atomic E-state index is -0.667. The van der Waals surface area contributed by atoms with Crippen molar-refractivity contribution in [2.24, 2.45) is 0 Å². The lowest BCUT2D eigenvalue weighted by molar-refractivity contribution is -0.129. The van der Waals surface area contributed by atoms with E-state index in [1.165, 1.54) is 18.2 Å². The highest BCUT2D eigenvalue weighted by atomic mass is 19.1. The average molecular weight is 166 g/mol. The smallest absolute Gasteiger partial charge is 0.335 e. The summed E-state index contributed by atoms with van der Waals surface area (Å²) in [4.78, 5) is 10.6. The van der Waals surface area contributed by atoms with Crippen LogP contribution < -0.4 is 4.74 Å². The molecule has 0 aliphatic carbocycles. The Balaban J connectivity index is 2.82. The van der Waals surface area contributed by atoms with Gasteiger partial charge in [-0.3, -0.25) is 0 Å². The van der Waals surface area contributed by atoms with E-state index < -0.39 is 11.8 Å². The summed E-state index contributed by atoms with van der Waals surface area (Å²) in [5.41, 5.74) is 0. The van der Waals surface area contributed by atoms with Gasteiger partial charge in [-0.05, 0) is 12.1 Å². The second-order valence-corrected chi connectivity index (χ2v) is 2.06. The molecule has 0 aromatic heterocycles. The number of hydrogen-bond acceptors (Lipinski definition) is 2. The summed E-state index contributed by atoms with van der Waals surface area (Å²) in [6, 6.07) is 5.68. The highest BCUT2D eigenvalue weighted by Gasteiger charge is 2.03. The minimum absolute atomic E-state index is 0.0811. The van der Waals surface area contributed by atoms with E-state index >= 15 is 0 Å². The molecule has 0 atom stereocenters. The zero-order valence-electron chi connectivity index (χ0n) is 6.29. The van der Waals surface area contributed by atoms with Gasteiger partial charge in [0.1, 0.15) is 0 Å². The third-order valence-electron chi connectivity index (χ3n) is 1.21. The van der Waals surface area contributed by atoms with Crippen LogP contribution in [0.4, 0.5) is 4.39 Å². The van der Waals surface area contributed by atoms with Crippen molar-refractivity contribution in [3.8, 4) is 5.75 Å². The van der Waals surface area contributed by atoms with E-state index in [9.17, 15) is 9.18 Å². The summed E-state index contributed by atoms with van der Waals surface area (Å²) in [5.74, 6) is -1.31. The molecule has 0 bridgehead atoms. The molecule has 1 aromatic carbocycles. The topological polar surface area (TPSA) is 26.3 Å². The number of para-hydroxylation sites is 1. The molecule has 1 rings (SSSR count). The molecule has 0 spiro atoms. The Labute approximate surface area is 69.3 Å². The van der Waals surface area contributed by atoms with Crippen LogP contribution in [0.25, 0.3) is 0 Å². The van der Waals surface area contributed by atoms with Crippen LogP contribution in [0.5, 0.6) is 5.75 Å². The largest absolute Gasteiger partial charge is 0.420 e. The minimum Gasteiger partial charge on any atom is -0.420 e. The fourth-order valence-corrected chi connectivity index (χ4v) is 0.678. The molecule has 12 heavy (non-hydrogen) atoms. The summed E-state index contributed by atoms with van der Waals surface area (Å²) < 4.78 is 17.3. The predicted molar refractivity (Wildman–Crippen MR) is 42.2 cm³/mol. The standard InChI is InChI=1S/C9H7FO2/c1-2-9(11)12-8-6-4-3-5-7(8)10/h2-6H,1H2. The van der Waals surface area contributed by atoms with Crippen molar-refractivity contribution in [3.63, 3.8) is 0 Å². The molecule has 3 heteroatoms. The fourth-order valence-electron chi connectivity index (χ4n) is 0.678. The molecule has 0 N–H and O–H groups in total. The van der Waals surface area contributed by atoms with Crippen molar-refractivity contribution in [3.05, 3.63) is 42.7 Å². The normalized spacial score (nSPS) is 9.08. The highest BCUT2D eigenvalue weighted by molar-refractivity contribution is 5.83. The Kier molecular flexibility index (Phi) is 2.58. The van der Waals surface area contributed by atoms with Crippen LogP contribution in [0.1, 0.15) is 0 Å². The summed E-state index contributed by atoms with van der Waals surface area (Å²) in [7, 11) is 0. The van der Waals surface area contributed by atoms with Crippen LogP contribution in [0.15, 0.2) is 36.9 Å². The Morgan fingerprint density at radius 2 is 2.17 bits per heavy atom. The van der Waals surface area contributed by atoms with Crippen LogP contribution in [-0.2, 0) is 4.79 Å². The molecular weight excluding hydrogens is 159 g/mol. The Morgan fingerprint density at radius 1 is 1.50 bits per heavy atom.